The maximum absolute atomic E-state index is 5.67. The Morgan fingerprint density at radius 3 is 2.94 bits per heavy atom. The van der Waals surface area contributed by atoms with E-state index in [2.05, 4.69) is 46.1 Å². The van der Waals surface area contributed by atoms with E-state index in [0.717, 1.165) is 29.8 Å². The van der Waals surface area contributed by atoms with E-state index < -0.39 is 0 Å². The molecule has 1 aliphatic rings. The van der Waals surface area contributed by atoms with Crippen LogP contribution in [0.4, 0.5) is 5.69 Å². The summed E-state index contributed by atoms with van der Waals surface area (Å²) < 4.78 is 6.62. The largest absolute Gasteiger partial charge is 0.381 e. The Hall–Kier alpha value is -0.580. The van der Waals surface area contributed by atoms with Crippen LogP contribution in [0.2, 0.25) is 0 Å². The summed E-state index contributed by atoms with van der Waals surface area (Å²) in [6, 6.07) is 6.37. The molecule has 0 radical (unpaired) electrons. The number of ether oxygens (including phenoxy) is 1. The van der Waals surface area contributed by atoms with E-state index >= 15 is 0 Å². The summed E-state index contributed by atoms with van der Waals surface area (Å²) in [5.41, 5.74) is 8.04. The first-order valence-corrected chi connectivity index (χ1v) is 7.27. The van der Waals surface area contributed by atoms with E-state index in [0.29, 0.717) is 12.5 Å². The molecular weight excluding hydrogens is 292 g/mol. The van der Waals surface area contributed by atoms with Crippen LogP contribution in [0.3, 0.4) is 0 Å². The molecule has 1 aromatic rings. The van der Waals surface area contributed by atoms with Crippen molar-refractivity contribution in [2.24, 2.45) is 11.7 Å². The van der Waals surface area contributed by atoms with Gasteiger partial charge in [-0.15, -0.1) is 0 Å². The molecule has 0 bridgehead atoms. The molecule has 0 saturated carbocycles. The minimum Gasteiger partial charge on any atom is -0.381 e. The van der Waals surface area contributed by atoms with Crippen LogP contribution in [-0.2, 0) is 11.3 Å². The quantitative estimate of drug-likeness (QED) is 0.929. The standard InChI is InChI=1S/C14H21BrN2O/c1-17(9-11-3-2-6-18-10-11)13-5-4-12(8-16)14(15)7-13/h4-5,7,11H,2-3,6,8-10,16H2,1H3. The van der Waals surface area contributed by atoms with Gasteiger partial charge in [-0.1, -0.05) is 22.0 Å². The van der Waals surface area contributed by atoms with Gasteiger partial charge in [0.15, 0.2) is 0 Å². The number of hydrogen-bond donors (Lipinski definition) is 1. The van der Waals surface area contributed by atoms with Crippen molar-refractivity contribution in [1.82, 2.24) is 0 Å². The Balaban J connectivity index is 1.99. The molecule has 1 saturated heterocycles. The van der Waals surface area contributed by atoms with E-state index in [1.54, 1.807) is 0 Å². The molecule has 3 nitrogen and oxygen atoms in total. The molecule has 1 atom stereocenters. The first-order valence-electron chi connectivity index (χ1n) is 6.48. The fourth-order valence-corrected chi connectivity index (χ4v) is 2.91. The van der Waals surface area contributed by atoms with Crippen LogP contribution in [0.5, 0.6) is 0 Å². The topological polar surface area (TPSA) is 38.5 Å². The Morgan fingerprint density at radius 2 is 2.33 bits per heavy atom. The normalized spacial score (nSPS) is 19.8. The third kappa shape index (κ3) is 3.46. The summed E-state index contributed by atoms with van der Waals surface area (Å²) in [7, 11) is 2.14. The molecule has 0 spiro atoms. The van der Waals surface area contributed by atoms with Gasteiger partial charge in [-0.2, -0.15) is 0 Å². The lowest BCUT2D eigenvalue weighted by Gasteiger charge is -2.28. The highest BCUT2D eigenvalue weighted by molar-refractivity contribution is 9.10. The second-order valence-electron chi connectivity index (χ2n) is 4.94. The summed E-state index contributed by atoms with van der Waals surface area (Å²) in [5, 5.41) is 0. The maximum Gasteiger partial charge on any atom is 0.0511 e. The van der Waals surface area contributed by atoms with Crippen LogP contribution >= 0.6 is 15.9 Å². The molecule has 2 N–H and O–H groups in total. The first kappa shape index (κ1) is 13.8. The average molecular weight is 313 g/mol. The van der Waals surface area contributed by atoms with Gasteiger partial charge in [0.25, 0.3) is 0 Å². The fourth-order valence-electron chi connectivity index (χ4n) is 2.38. The van der Waals surface area contributed by atoms with Crippen molar-refractivity contribution in [2.75, 3.05) is 31.7 Å². The zero-order chi connectivity index (χ0) is 13.0. The lowest BCUT2D eigenvalue weighted by Crippen LogP contribution is -2.30. The van der Waals surface area contributed by atoms with Gasteiger partial charge in [-0.05, 0) is 36.5 Å². The molecule has 18 heavy (non-hydrogen) atoms. The van der Waals surface area contributed by atoms with Gasteiger partial charge in [-0.25, -0.2) is 0 Å². The molecule has 1 unspecified atom stereocenters. The van der Waals surface area contributed by atoms with Crippen molar-refractivity contribution in [1.29, 1.82) is 0 Å². The molecule has 1 fully saturated rings. The van der Waals surface area contributed by atoms with E-state index in [4.69, 9.17) is 10.5 Å². The van der Waals surface area contributed by atoms with Crippen molar-refractivity contribution >= 4 is 21.6 Å². The monoisotopic (exact) mass is 312 g/mol. The molecule has 0 aliphatic carbocycles. The lowest BCUT2D eigenvalue weighted by atomic mass is 10.0. The summed E-state index contributed by atoms with van der Waals surface area (Å²) in [6.07, 6.45) is 2.46. The summed E-state index contributed by atoms with van der Waals surface area (Å²) in [5.74, 6) is 0.650. The summed E-state index contributed by atoms with van der Waals surface area (Å²) >= 11 is 3.57. The van der Waals surface area contributed by atoms with Crippen molar-refractivity contribution in [2.45, 2.75) is 19.4 Å². The van der Waals surface area contributed by atoms with E-state index in [-0.39, 0.29) is 0 Å². The van der Waals surface area contributed by atoms with E-state index in [9.17, 15) is 0 Å². The van der Waals surface area contributed by atoms with Crippen LogP contribution in [-0.4, -0.2) is 26.8 Å². The third-order valence-electron chi connectivity index (χ3n) is 3.48. The number of anilines is 1. The number of halogens is 1. The second-order valence-corrected chi connectivity index (χ2v) is 5.80. The van der Waals surface area contributed by atoms with Gasteiger partial charge in [0.2, 0.25) is 0 Å². The minimum absolute atomic E-state index is 0.570. The maximum atomic E-state index is 5.67. The van der Waals surface area contributed by atoms with Crippen LogP contribution in [0, 0.1) is 5.92 Å². The second kappa shape index (κ2) is 6.55. The Bertz CT molecular complexity index is 391. The molecule has 1 heterocycles. The fraction of sp³-hybridized carbons (Fsp3) is 0.571. The molecule has 0 aromatic heterocycles. The van der Waals surface area contributed by atoms with Gasteiger partial charge < -0.3 is 15.4 Å². The SMILES string of the molecule is CN(CC1CCCOC1)c1ccc(CN)c(Br)c1. The van der Waals surface area contributed by atoms with E-state index in [1.807, 2.05) is 0 Å². The highest BCUT2D eigenvalue weighted by Crippen LogP contribution is 2.25. The number of benzene rings is 1. The molecule has 1 aromatic carbocycles. The van der Waals surface area contributed by atoms with Crippen molar-refractivity contribution < 1.29 is 4.74 Å². The minimum atomic E-state index is 0.570. The third-order valence-corrected chi connectivity index (χ3v) is 4.22. The average Bonchev–Trinajstić information content (AvgIpc) is 2.39. The molecule has 4 heteroatoms. The Morgan fingerprint density at radius 1 is 1.50 bits per heavy atom. The zero-order valence-corrected chi connectivity index (χ0v) is 12.4. The smallest absolute Gasteiger partial charge is 0.0511 e. The van der Waals surface area contributed by atoms with Crippen molar-refractivity contribution in [3.05, 3.63) is 28.2 Å². The van der Waals surface area contributed by atoms with Crippen LogP contribution in [0.1, 0.15) is 18.4 Å². The van der Waals surface area contributed by atoms with Crippen molar-refractivity contribution in [3.8, 4) is 0 Å². The molecular formula is C14H21BrN2O. The Kier molecular flexibility index (Phi) is 5.03. The first-order chi connectivity index (χ1) is 8.70. The Labute approximate surface area is 117 Å². The van der Waals surface area contributed by atoms with Crippen molar-refractivity contribution in [3.63, 3.8) is 0 Å². The number of rotatable bonds is 4. The predicted octanol–water partition coefficient (Wildman–Crippen LogP) is 2.77. The molecule has 1 aliphatic heterocycles. The summed E-state index contributed by atoms with van der Waals surface area (Å²) in [4.78, 5) is 2.30. The number of nitrogens with two attached hydrogens (primary N) is 1. The predicted molar refractivity (Wildman–Crippen MR) is 78.8 cm³/mol. The van der Waals surface area contributed by atoms with Crippen LogP contribution in [0.25, 0.3) is 0 Å². The van der Waals surface area contributed by atoms with Gasteiger partial charge in [0.05, 0.1) is 6.61 Å². The van der Waals surface area contributed by atoms with E-state index in [1.165, 1.54) is 18.5 Å². The van der Waals surface area contributed by atoms with Crippen LogP contribution in [0.15, 0.2) is 22.7 Å². The van der Waals surface area contributed by atoms with Gasteiger partial charge >= 0.3 is 0 Å². The lowest BCUT2D eigenvalue weighted by molar-refractivity contribution is 0.0576. The zero-order valence-electron chi connectivity index (χ0n) is 10.9. The summed E-state index contributed by atoms with van der Waals surface area (Å²) in [6.45, 7) is 3.44. The number of nitrogens with zero attached hydrogens (tertiary/aromatic N) is 1. The number of hydrogen-bond acceptors (Lipinski definition) is 3. The molecule has 100 valence electrons. The highest BCUT2D eigenvalue weighted by atomic mass is 79.9. The molecule has 2 rings (SSSR count). The highest BCUT2D eigenvalue weighted by Gasteiger charge is 2.16. The molecule has 0 amide bonds. The van der Waals surface area contributed by atoms with Gasteiger partial charge in [-0.3, -0.25) is 0 Å². The van der Waals surface area contributed by atoms with Gasteiger partial charge in [0.1, 0.15) is 0 Å². The van der Waals surface area contributed by atoms with Gasteiger partial charge in [0, 0.05) is 36.9 Å². The van der Waals surface area contributed by atoms with Crippen LogP contribution < -0.4 is 10.6 Å².